The third-order valence-electron chi connectivity index (χ3n) is 3.00. The van der Waals surface area contributed by atoms with Gasteiger partial charge >= 0.3 is 0 Å². The Morgan fingerprint density at radius 3 is 2.86 bits per heavy atom. The van der Waals surface area contributed by atoms with E-state index in [1.165, 1.54) is 19.3 Å². The summed E-state index contributed by atoms with van der Waals surface area (Å²) in [5.74, 6) is 0.248. The Morgan fingerprint density at radius 1 is 1.50 bits per heavy atom. The average Bonchev–Trinajstić information content (AvgIpc) is 2.26. The first-order valence-electron chi connectivity index (χ1n) is 5.43. The zero-order valence-electron chi connectivity index (χ0n) is 9.12. The first kappa shape index (κ1) is 11.9. The van der Waals surface area contributed by atoms with Crippen LogP contribution in [0.5, 0.6) is 0 Å². The van der Waals surface area contributed by atoms with Gasteiger partial charge in [-0.15, -0.1) is 0 Å². The van der Waals surface area contributed by atoms with Gasteiger partial charge in [-0.2, -0.15) is 17.0 Å². The minimum Gasteiger partial charge on any atom is -0.312 e. The van der Waals surface area contributed by atoms with Gasteiger partial charge in [0.05, 0.1) is 12.0 Å². The van der Waals surface area contributed by atoms with E-state index in [4.69, 9.17) is 5.26 Å². The highest BCUT2D eigenvalue weighted by Crippen LogP contribution is 2.23. The second-order valence-corrected chi connectivity index (χ2v) is 5.36. The third kappa shape index (κ3) is 3.51. The van der Waals surface area contributed by atoms with Crippen LogP contribution < -0.4 is 5.32 Å². The number of hydrogen-bond donors (Lipinski definition) is 1. The summed E-state index contributed by atoms with van der Waals surface area (Å²) in [5, 5.41) is 13.2. The molecule has 0 heterocycles. The summed E-state index contributed by atoms with van der Waals surface area (Å²) < 4.78 is 0. The lowest BCUT2D eigenvalue weighted by Crippen LogP contribution is -2.40. The van der Waals surface area contributed by atoms with E-state index in [0.717, 1.165) is 13.0 Å². The van der Waals surface area contributed by atoms with Crippen molar-refractivity contribution in [1.29, 1.82) is 5.26 Å². The van der Waals surface area contributed by atoms with Crippen molar-refractivity contribution >= 4 is 11.8 Å². The SMILES string of the molecule is CSC(C)CNC1CCCCC1C#N. The molecule has 3 heteroatoms. The zero-order chi connectivity index (χ0) is 10.4. The van der Waals surface area contributed by atoms with E-state index in [9.17, 15) is 0 Å². The molecule has 3 unspecified atom stereocenters. The van der Waals surface area contributed by atoms with E-state index in [2.05, 4.69) is 24.6 Å². The van der Waals surface area contributed by atoms with Gasteiger partial charge in [0.25, 0.3) is 0 Å². The Bertz CT molecular complexity index is 200. The van der Waals surface area contributed by atoms with Gasteiger partial charge < -0.3 is 5.32 Å². The summed E-state index contributed by atoms with van der Waals surface area (Å²) >= 11 is 1.88. The van der Waals surface area contributed by atoms with Crippen LogP contribution in [-0.2, 0) is 0 Å². The molecular formula is C11H20N2S. The average molecular weight is 212 g/mol. The molecule has 0 amide bonds. The lowest BCUT2D eigenvalue weighted by atomic mass is 9.85. The van der Waals surface area contributed by atoms with Crippen molar-refractivity contribution in [3.8, 4) is 6.07 Å². The van der Waals surface area contributed by atoms with Gasteiger partial charge in [-0.3, -0.25) is 0 Å². The van der Waals surface area contributed by atoms with Crippen LogP contribution in [0.4, 0.5) is 0 Å². The first-order chi connectivity index (χ1) is 6.77. The maximum absolute atomic E-state index is 8.99. The Labute approximate surface area is 91.4 Å². The van der Waals surface area contributed by atoms with Gasteiger partial charge in [-0.05, 0) is 19.1 Å². The predicted molar refractivity (Wildman–Crippen MR) is 62.3 cm³/mol. The van der Waals surface area contributed by atoms with Gasteiger partial charge in [0.15, 0.2) is 0 Å². The molecule has 1 rings (SSSR count). The second-order valence-electron chi connectivity index (χ2n) is 4.08. The lowest BCUT2D eigenvalue weighted by molar-refractivity contribution is 0.314. The quantitative estimate of drug-likeness (QED) is 0.777. The van der Waals surface area contributed by atoms with Gasteiger partial charge in [0, 0.05) is 17.8 Å². The molecular weight excluding hydrogens is 192 g/mol. The molecule has 1 N–H and O–H groups in total. The standard InChI is InChI=1S/C11H20N2S/c1-9(14-2)8-13-11-6-4-3-5-10(11)7-12/h9-11,13H,3-6,8H2,1-2H3. The molecule has 2 nitrogen and oxygen atoms in total. The Kier molecular flexibility index (Phi) is 5.36. The summed E-state index contributed by atoms with van der Waals surface area (Å²) in [5.41, 5.74) is 0. The number of nitrogens with zero attached hydrogens (tertiary/aromatic N) is 1. The fourth-order valence-electron chi connectivity index (χ4n) is 1.93. The maximum atomic E-state index is 8.99. The molecule has 80 valence electrons. The Hall–Kier alpha value is -0.200. The minimum atomic E-state index is 0.248. The van der Waals surface area contributed by atoms with Crippen molar-refractivity contribution < 1.29 is 0 Å². The van der Waals surface area contributed by atoms with E-state index in [0.29, 0.717) is 11.3 Å². The van der Waals surface area contributed by atoms with Crippen LogP contribution in [0.1, 0.15) is 32.6 Å². The molecule has 0 spiro atoms. The zero-order valence-corrected chi connectivity index (χ0v) is 9.94. The second kappa shape index (κ2) is 6.31. The van der Waals surface area contributed by atoms with E-state index in [1.807, 2.05) is 11.8 Å². The van der Waals surface area contributed by atoms with Gasteiger partial charge in [0.2, 0.25) is 0 Å². The largest absolute Gasteiger partial charge is 0.312 e. The normalized spacial score (nSPS) is 29.5. The molecule has 0 radical (unpaired) electrons. The summed E-state index contributed by atoms with van der Waals surface area (Å²) in [4.78, 5) is 0. The fraction of sp³-hybridized carbons (Fsp3) is 0.909. The molecule has 1 saturated carbocycles. The van der Waals surface area contributed by atoms with Crippen LogP contribution in [0.2, 0.25) is 0 Å². The number of rotatable bonds is 4. The fourth-order valence-corrected chi connectivity index (χ4v) is 2.19. The molecule has 0 saturated heterocycles. The highest BCUT2D eigenvalue weighted by molar-refractivity contribution is 7.99. The Morgan fingerprint density at radius 2 is 2.21 bits per heavy atom. The van der Waals surface area contributed by atoms with Crippen molar-refractivity contribution in [3.05, 3.63) is 0 Å². The van der Waals surface area contributed by atoms with E-state index >= 15 is 0 Å². The molecule has 3 atom stereocenters. The van der Waals surface area contributed by atoms with Gasteiger partial charge in [-0.1, -0.05) is 19.8 Å². The van der Waals surface area contributed by atoms with E-state index < -0.39 is 0 Å². The van der Waals surface area contributed by atoms with Crippen LogP contribution in [0.15, 0.2) is 0 Å². The predicted octanol–water partition coefficient (Wildman–Crippen LogP) is 2.41. The van der Waals surface area contributed by atoms with Crippen LogP contribution in [-0.4, -0.2) is 24.1 Å². The smallest absolute Gasteiger partial charge is 0.0672 e. The van der Waals surface area contributed by atoms with Crippen molar-refractivity contribution in [1.82, 2.24) is 5.32 Å². The van der Waals surface area contributed by atoms with Crippen molar-refractivity contribution in [2.45, 2.75) is 43.9 Å². The third-order valence-corrected chi connectivity index (χ3v) is 3.97. The molecule has 0 aromatic heterocycles. The monoisotopic (exact) mass is 212 g/mol. The highest BCUT2D eigenvalue weighted by Gasteiger charge is 2.24. The van der Waals surface area contributed by atoms with Crippen LogP contribution >= 0.6 is 11.8 Å². The van der Waals surface area contributed by atoms with Crippen LogP contribution in [0.25, 0.3) is 0 Å². The number of hydrogen-bond acceptors (Lipinski definition) is 3. The molecule has 0 bridgehead atoms. The molecule has 14 heavy (non-hydrogen) atoms. The van der Waals surface area contributed by atoms with Crippen molar-refractivity contribution in [2.75, 3.05) is 12.8 Å². The van der Waals surface area contributed by atoms with Crippen LogP contribution in [0, 0.1) is 17.2 Å². The summed E-state index contributed by atoms with van der Waals surface area (Å²) in [6, 6.07) is 2.87. The van der Waals surface area contributed by atoms with E-state index in [-0.39, 0.29) is 5.92 Å². The molecule has 0 aliphatic heterocycles. The van der Waals surface area contributed by atoms with Gasteiger partial charge in [-0.25, -0.2) is 0 Å². The first-order valence-corrected chi connectivity index (χ1v) is 6.72. The topological polar surface area (TPSA) is 35.8 Å². The number of nitriles is 1. The molecule has 1 aliphatic carbocycles. The highest BCUT2D eigenvalue weighted by atomic mass is 32.2. The molecule has 0 aromatic carbocycles. The summed E-state index contributed by atoms with van der Waals surface area (Å²) in [7, 11) is 0. The molecule has 0 aromatic rings. The number of nitrogens with one attached hydrogen (secondary N) is 1. The van der Waals surface area contributed by atoms with E-state index in [1.54, 1.807) is 0 Å². The van der Waals surface area contributed by atoms with Crippen molar-refractivity contribution in [3.63, 3.8) is 0 Å². The Balaban J connectivity index is 2.30. The number of thioether (sulfide) groups is 1. The molecule has 1 aliphatic rings. The van der Waals surface area contributed by atoms with Gasteiger partial charge in [0.1, 0.15) is 0 Å². The molecule has 1 fully saturated rings. The van der Waals surface area contributed by atoms with Crippen molar-refractivity contribution in [2.24, 2.45) is 5.92 Å². The summed E-state index contributed by atoms with van der Waals surface area (Å²) in [6.07, 6.45) is 6.91. The summed E-state index contributed by atoms with van der Waals surface area (Å²) in [6.45, 7) is 3.26. The maximum Gasteiger partial charge on any atom is 0.0672 e. The lowest BCUT2D eigenvalue weighted by Gasteiger charge is -2.28. The minimum absolute atomic E-state index is 0.248. The van der Waals surface area contributed by atoms with Crippen LogP contribution in [0.3, 0.4) is 0 Å².